The number of carbonyl (C=O) groups is 1. The van der Waals surface area contributed by atoms with E-state index in [-0.39, 0.29) is 6.04 Å². The Labute approximate surface area is 85.9 Å². The van der Waals surface area contributed by atoms with Crippen molar-refractivity contribution < 1.29 is 9.90 Å². The van der Waals surface area contributed by atoms with Crippen LogP contribution in [0.4, 0.5) is 4.79 Å². The highest BCUT2D eigenvalue weighted by atomic mass is 16.4. The lowest BCUT2D eigenvalue weighted by atomic mass is 9.74. The molecule has 0 unspecified atom stereocenters. The van der Waals surface area contributed by atoms with E-state index in [9.17, 15) is 4.79 Å². The van der Waals surface area contributed by atoms with Crippen LogP contribution in [0.25, 0.3) is 0 Å². The standard InChI is InChI=1S/C11H21NO2/c1-7(2)9-5-4-8(3)6-10(9)12-11(13)14/h7-10,12H,4-6H2,1-3H3,(H,13,14)/t8-,9-,10-/m0/s1. The van der Waals surface area contributed by atoms with Crippen molar-refractivity contribution in [3.8, 4) is 0 Å². The number of rotatable bonds is 2. The molecular weight excluding hydrogens is 178 g/mol. The number of nitrogens with one attached hydrogen (secondary N) is 1. The molecule has 1 aliphatic carbocycles. The first-order valence-electron chi connectivity index (χ1n) is 5.50. The van der Waals surface area contributed by atoms with Crippen molar-refractivity contribution in [3.05, 3.63) is 0 Å². The Morgan fingerprint density at radius 1 is 1.43 bits per heavy atom. The minimum absolute atomic E-state index is 0.163. The molecule has 3 heteroatoms. The summed E-state index contributed by atoms with van der Waals surface area (Å²) in [6.45, 7) is 6.56. The molecular formula is C11H21NO2. The Morgan fingerprint density at radius 3 is 2.57 bits per heavy atom. The van der Waals surface area contributed by atoms with Gasteiger partial charge in [0.15, 0.2) is 0 Å². The molecule has 1 aliphatic rings. The first kappa shape index (κ1) is 11.3. The zero-order valence-corrected chi connectivity index (χ0v) is 9.29. The fraction of sp³-hybridized carbons (Fsp3) is 0.909. The van der Waals surface area contributed by atoms with Crippen molar-refractivity contribution in [3.63, 3.8) is 0 Å². The van der Waals surface area contributed by atoms with E-state index in [0.29, 0.717) is 17.8 Å². The highest BCUT2D eigenvalue weighted by Gasteiger charge is 2.31. The Morgan fingerprint density at radius 2 is 2.07 bits per heavy atom. The van der Waals surface area contributed by atoms with Crippen molar-refractivity contribution in [2.24, 2.45) is 17.8 Å². The molecule has 1 amide bonds. The second-order valence-corrected chi connectivity index (χ2v) is 4.88. The fourth-order valence-electron chi connectivity index (χ4n) is 2.53. The van der Waals surface area contributed by atoms with E-state index in [1.807, 2.05) is 0 Å². The molecule has 0 aromatic rings. The molecule has 0 radical (unpaired) electrons. The van der Waals surface area contributed by atoms with Crippen LogP contribution in [0.5, 0.6) is 0 Å². The van der Waals surface area contributed by atoms with Gasteiger partial charge in [0.05, 0.1) is 0 Å². The molecule has 82 valence electrons. The minimum Gasteiger partial charge on any atom is -0.465 e. The average Bonchev–Trinajstić information content (AvgIpc) is 2.01. The van der Waals surface area contributed by atoms with Crippen LogP contribution in [-0.2, 0) is 0 Å². The minimum atomic E-state index is -0.880. The molecule has 0 aliphatic heterocycles. The monoisotopic (exact) mass is 199 g/mol. The lowest BCUT2D eigenvalue weighted by Crippen LogP contribution is -2.45. The largest absolute Gasteiger partial charge is 0.465 e. The van der Waals surface area contributed by atoms with Crippen molar-refractivity contribution in [2.75, 3.05) is 0 Å². The van der Waals surface area contributed by atoms with Gasteiger partial charge in [-0.3, -0.25) is 0 Å². The molecule has 1 rings (SSSR count). The summed E-state index contributed by atoms with van der Waals surface area (Å²) in [6, 6.07) is 0.163. The Bertz CT molecular complexity index is 203. The van der Waals surface area contributed by atoms with E-state index in [0.717, 1.165) is 12.8 Å². The van der Waals surface area contributed by atoms with Gasteiger partial charge in [0.2, 0.25) is 0 Å². The van der Waals surface area contributed by atoms with Gasteiger partial charge in [-0.2, -0.15) is 0 Å². The quantitative estimate of drug-likeness (QED) is 0.718. The second-order valence-electron chi connectivity index (χ2n) is 4.88. The summed E-state index contributed by atoms with van der Waals surface area (Å²) < 4.78 is 0. The van der Waals surface area contributed by atoms with Crippen molar-refractivity contribution in [1.82, 2.24) is 5.32 Å². The SMILES string of the molecule is CC(C)[C@@H]1CC[C@H](C)C[C@@H]1NC(=O)O. The smallest absolute Gasteiger partial charge is 0.404 e. The maximum Gasteiger partial charge on any atom is 0.404 e. The normalized spacial score (nSPS) is 33.0. The van der Waals surface area contributed by atoms with Crippen molar-refractivity contribution in [2.45, 2.75) is 46.1 Å². The predicted molar refractivity (Wildman–Crippen MR) is 56.3 cm³/mol. The lowest BCUT2D eigenvalue weighted by molar-refractivity contribution is 0.147. The molecule has 3 nitrogen and oxygen atoms in total. The van der Waals surface area contributed by atoms with Crippen molar-refractivity contribution in [1.29, 1.82) is 0 Å². The van der Waals surface area contributed by atoms with E-state index in [4.69, 9.17) is 5.11 Å². The summed E-state index contributed by atoms with van der Waals surface area (Å²) in [5.41, 5.74) is 0. The van der Waals surface area contributed by atoms with E-state index in [1.165, 1.54) is 6.42 Å². The van der Waals surface area contributed by atoms with Crippen LogP contribution in [0, 0.1) is 17.8 Å². The van der Waals surface area contributed by atoms with Gasteiger partial charge in [0.25, 0.3) is 0 Å². The zero-order valence-electron chi connectivity index (χ0n) is 9.29. The molecule has 1 saturated carbocycles. The molecule has 0 aromatic heterocycles. The number of hydrogen-bond donors (Lipinski definition) is 2. The molecule has 3 atom stereocenters. The summed E-state index contributed by atoms with van der Waals surface area (Å²) in [7, 11) is 0. The molecule has 0 bridgehead atoms. The summed E-state index contributed by atoms with van der Waals surface area (Å²) >= 11 is 0. The third-order valence-corrected chi connectivity index (χ3v) is 3.33. The highest BCUT2D eigenvalue weighted by molar-refractivity contribution is 5.64. The third kappa shape index (κ3) is 2.89. The Kier molecular flexibility index (Phi) is 3.78. The van der Waals surface area contributed by atoms with Crippen LogP contribution in [0.3, 0.4) is 0 Å². The van der Waals surface area contributed by atoms with Gasteiger partial charge in [0, 0.05) is 6.04 Å². The van der Waals surface area contributed by atoms with Crippen LogP contribution in [-0.4, -0.2) is 17.2 Å². The van der Waals surface area contributed by atoms with Gasteiger partial charge >= 0.3 is 6.09 Å². The highest BCUT2D eigenvalue weighted by Crippen LogP contribution is 2.33. The average molecular weight is 199 g/mol. The zero-order chi connectivity index (χ0) is 10.7. The summed E-state index contributed by atoms with van der Waals surface area (Å²) in [4.78, 5) is 10.6. The molecule has 0 spiro atoms. The summed E-state index contributed by atoms with van der Waals surface area (Å²) in [6.07, 6.45) is 2.51. The van der Waals surface area contributed by atoms with Crippen LogP contribution < -0.4 is 5.32 Å². The van der Waals surface area contributed by atoms with Crippen molar-refractivity contribution >= 4 is 6.09 Å². The molecule has 2 N–H and O–H groups in total. The molecule has 0 heterocycles. The van der Waals surface area contributed by atoms with E-state index in [1.54, 1.807) is 0 Å². The summed E-state index contributed by atoms with van der Waals surface area (Å²) in [5, 5.41) is 11.4. The molecule has 14 heavy (non-hydrogen) atoms. The first-order valence-corrected chi connectivity index (χ1v) is 5.50. The van der Waals surface area contributed by atoms with Crippen LogP contribution in [0.2, 0.25) is 0 Å². The Hall–Kier alpha value is -0.730. The van der Waals surface area contributed by atoms with Gasteiger partial charge < -0.3 is 10.4 Å². The third-order valence-electron chi connectivity index (χ3n) is 3.33. The van der Waals surface area contributed by atoms with Crippen LogP contribution in [0.15, 0.2) is 0 Å². The van der Waals surface area contributed by atoms with E-state index >= 15 is 0 Å². The maximum absolute atomic E-state index is 10.6. The van der Waals surface area contributed by atoms with Gasteiger partial charge in [0.1, 0.15) is 0 Å². The van der Waals surface area contributed by atoms with Gasteiger partial charge in [-0.15, -0.1) is 0 Å². The fourth-order valence-corrected chi connectivity index (χ4v) is 2.53. The maximum atomic E-state index is 10.6. The molecule has 0 saturated heterocycles. The number of hydrogen-bond acceptors (Lipinski definition) is 1. The van der Waals surface area contributed by atoms with Gasteiger partial charge in [-0.1, -0.05) is 27.2 Å². The van der Waals surface area contributed by atoms with E-state index in [2.05, 4.69) is 26.1 Å². The number of carboxylic acid groups (broad SMARTS) is 1. The van der Waals surface area contributed by atoms with Gasteiger partial charge in [-0.05, 0) is 30.6 Å². The number of amides is 1. The lowest BCUT2D eigenvalue weighted by Gasteiger charge is -2.37. The topological polar surface area (TPSA) is 49.3 Å². The van der Waals surface area contributed by atoms with Crippen LogP contribution >= 0.6 is 0 Å². The summed E-state index contributed by atoms with van der Waals surface area (Å²) in [5.74, 6) is 1.74. The first-order chi connectivity index (χ1) is 6.50. The Balaban J connectivity index is 2.58. The molecule has 1 fully saturated rings. The van der Waals surface area contributed by atoms with E-state index < -0.39 is 6.09 Å². The van der Waals surface area contributed by atoms with Gasteiger partial charge in [-0.25, -0.2) is 4.79 Å². The molecule has 0 aromatic carbocycles. The second kappa shape index (κ2) is 4.67. The van der Waals surface area contributed by atoms with Crippen LogP contribution in [0.1, 0.15) is 40.0 Å². The predicted octanol–water partition coefficient (Wildman–Crippen LogP) is 2.71.